The van der Waals surface area contributed by atoms with Crippen LogP contribution in [0.4, 0.5) is 11.4 Å². The number of nitro benzene ring substituents is 2. The molecule has 0 aliphatic carbocycles. The van der Waals surface area contributed by atoms with Crippen molar-refractivity contribution in [2.75, 3.05) is 0 Å². The van der Waals surface area contributed by atoms with Crippen molar-refractivity contribution < 1.29 is 19.7 Å². The van der Waals surface area contributed by atoms with Crippen LogP contribution >= 0.6 is 0 Å². The summed E-state index contributed by atoms with van der Waals surface area (Å²) in [4.78, 5) is 32.8. The number of allylic oxidation sites excluding steroid dienone is 1. The number of nitrogens with zero attached hydrogens (tertiary/aromatic N) is 2. The SMILES string of the molecule is C/C=C(/C(=O)O)c1c([C@@H](C)CCCCCC)cc([N+](=O)[O-])cc1[N+](=O)[O-]. The minimum Gasteiger partial charge on any atom is -0.478 e. The van der Waals surface area contributed by atoms with Gasteiger partial charge in [0, 0.05) is 6.07 Å². The molecule has 0 fully saturated rings. The van der Waals surface area contributed by atoms with Gasteiger partial charge in [-0.3, -0.25) is 20.2 Å². The number of rotatable bonds is 10. The number of carboxylic acid groups (broad SMARTS) is 1. The zero-order valence-electron chi connectivity index (χ0n) is 15.2. The van der Waals surface area contributed by atoms with E-state index in [1.165, 1.54) is 19.1 Å². The fourth-order valence-corrected chi connectivity index (χ4v) is 2.97. The quantitative estimate of drug-likeness (QED) is 0.268. The molecule has 0 unspecified atom stereocenters. The molecule has 0 aromatic heterocycles. The molecule has 0 radical (unpaired) electrons. The molecule has 1 aromatic rings. The first-order chi connectivity index (χ1) is 12.2. The Labute approximate surface area is 151 Å². The van der Waals surface area contributed by atoms with Gasteiger partial charge >= 0.3 is 5.97 Å². The highest BCUT2D eigenvalue weighted by molar-refractivity contribution is 6.17. The number of benzene rings is 1. The van der Waals surface area contributed by atoms with Gasteiger partial charge in [-0.1, -0.05) is 45.6 Å². The number of nitro groups is 2. The van der Waals surface area contributed by atoms with Gasteiger partial charge in [-0.25, -0.2) is 4.79 Å². The summed E-state index contributed by atoms with van der Waals surface area (Å²) in [7, 11) is 0. The van der Waals surface area contributed by atoms with Crippen LogP contribution in [0.3, 0.4) is 0 Å². The molecule has 0 aliphatic heterocycles. The number of carbonyl (C=O) groups is 1. The highest BCUT2D eigenvalue weighted by Gasteiger charge is 2.30. The Morgan fingerprint density at radius 1 is 1.19 bits per heavy atom. The number of hydrogen-bond donors (Lipinski definition) is 1. The average molecular weight is 364 g/mol. The van der Waals surface area contributed by atoms with Crippen LogP contribution in [-0.2, 0) is 4.79 Å². The molecule has 8 nitrogen and oxygen atoms in total. The molecule has 0 spiro atoms. The van der Waals surface area contributed by atoms with Gasteiger partial charge < -0.3 is 5.11 Å². The molecule has 0 saturated carbocycles. The second-order valence-electron chi connectivity index (χ2n) is 6.20. The van der Waals surface area contributed by atoms with Crippen LogP contribution in [0.2, 0.25) is 0 Å². The summed E-state index contributed by atoms with van der Waals surface area (Å²) in [6, 6.07) is 2.09. The second-order valence-corrected chi connectivity index (χ2v) is 6.20. The highest BCUT2D eigenvalue weighted by Crippen LogP contribution is 2.39. The summed E-state index contributed by atoms with van der Waals surface area (Å²) in [6.45, 7) is 5.37. The molecule has 0 amide bonds. The van der Waals surface area contributed by atoms with E-state index in [1.54, 1.807) is 0 Å². The monoisotopic (exact) mass is 364 g/mol. The third kappa shape index (κ3) is 5.11. The second kappa shape index (κ2) is 9.65. The minimum atomic E-state index is -1.30. The molecule has 1 aromatic carbocycles. The summed E-state index contributed by atoms with van der Waals surface area (Å²) < 4.78 is 0. The molecule has 1 atom stereocenters. The molecule has 0 bridgehead atoms. The maximum atomic E-state index is 11.6. The van der Waals surface area contributed by atoms with Gasteiger partial charge in [0.05, 0.1) is 27.0 Å². The molecule has 0 saturated heterocycles. The van der Waals surface area contributed by atoms with E-state index in [4.69, 9.17) is 0 Å². The van der Waals surface area contributed by atoms with E-state index in [2.05, 4.69) is 6.92 Å². The summed E-state index contributed by atoms with van der Waals surface area (Å²) in [5.41, 5.74) is -0.889. The molecular formula is C18H24N2O6. The summed E-state index contributed by atoms with van der Waals surface area (Å²) in [6.07, 6.45) is 5.92. The van der Waals surface area contributed by atoms with Crippen molar-refractivity contribution in [1.29, 1.82) is 0 Å². The van der Waals surface area contributed by atoms with Gasteiger partial charge in [0.15, 0.2) is 0 Å². The van der Waals surface area contributed by atoms with Crippen molar-refractivity contribution in [3.63, 3.8) is 0 Å². The Bertz CT molecular complexity index is 727. The van der Waals surface area contributed by atoms with Crippen LogP contribution in [-0.4, -0.2) is 20.9 Å². The predicted octanol–water partition coefficient (Wildman–Crippen LogP) is 5.06. The van der Waals surface area contributed by atoms with Crippen molar-refractivity contribution in [3.8, 4) is 0 Å². The van der Waals surface area contributed by atoms with E-state index in [0.29, 0.717) is 12.0 Å². The van der Waals surface area contributed by atoms with E-state index in [0.717, 1.165) is 31.7 Å². The van der Waals surface area contributed by atoms with Gasteiger partial charge in [-0.2, -0.15) is 0 Å². The molecule has 8 heteroatoms. The van der Waals surface area contributed by atoms with Gasteiger partial charge in [-0.05, 0) is 24.8 Å². The lowest BCUT2D eigenvalue weighted by atomic mass is 9.86. The first-order valence-corrected chi connectivity index (χ1v) is 8.61. The van der Waals surface area contributed by atoms with Crippen molar-refractivity contribution in [2.24, 2.45) is 0 Å². The van der Waals surface area contributed by atoms with E-state index < -0.39 is 27.2 Å². The lowest BCUT2D eigenvalue weighted by Crippen LogP contribution is -2.10. The molecule has 26 heavy (non-hydrogen) atoms. The minimum absolute atomic E-state index is 0.0430. The van der Waals surface area contributed by atoms with Gasteiger partial charge in [0.1, 0.15) is 0 Å². The Balaban J connectivity index is 3.54. The van der Waals surface area contributed by atoms with Crippen molar-refractivity contribution in [2.45, 2.75) is 58.8 Å². The number of unbranched alkanes of at least 4 members (excludes halogenated alkanes) is 3. The smallest absolute Gasteiger partial charge is 0.336 e. The van der Waals surface area contributed by atoms with E-state index in [-0.39, 0.29) is 17.1 Å². The Kier molecular flexibility index (Phi) is 7.89. The Morgan fingerprint density at radius 2 is 1.85 bits per heavy atom. The number of non-ortho nitro benzene ring substituents is 1. The molecule has 0 aliphatic rings. The zero-order chi connectivity index (χ0) is 19.9. The van der Waals surface area contributed by atoms with E-state index in [9.17, 15) is 30.1 Å². The third-order valence-corrected chi connectivity index (χ3v) is 4.35. The normalized spacial score (nSPS) is 12.7. The zero-order valence-corrected chi connectivity index (χ0v) is 15.2. The highest BCUT2D eigenvalue weighted by atomic mass is 16.6. The van der Waals surface area contributed by atoms with Crippen LogP contribution in [0.15, 0.2) is 18.2 Å². The lowest BCUT2D eigenvalue weighted by molar-refractivity contribution is -0.394. The summed E-state index contributed by atoms with van der Waals surface area (Å²) >= 11 is 0. The largest absolute Gasteiger partial charge is 0.478 e. The van der Waals surface area contributed by atoms with Crippen molar-refractivity contribution in [3.05, 3.63) is 49.6 Å². The van der Waals surface area contributed by atoms with Gasteiger partial charge in [0.2, 0.25) is 0 Å². The lowest BCUT2D eigenvalue weighted by Gasteiger charge is -2.17. The Hall–Kier alpha value is -2.77. The first kappa shape index (κ1) is 21.3. The third-order valence-electron chi connectivity index (χ3n) is 4.35. The molecule has 1 N–H and O–H groups in total. The van der Waals surface area contributed by atoms with Crippen molar-refractivity contribution in [1.82, 2.24) is 0 Å². The van der Waals surface area contributed by atoms with Gasteiger partial charge in [0.25, 0.3) is 11.4 Å². The molecule has 0 heterocycles. The molecule has 142 valence electrons. The standard InChI is InChI=1S/C18H24N2O6/c1-4-6-7-8-9-12(3)15-10-13(19(23)24)11-16(20(25)26)17(15)14(5-2)18(21)22/h5,10-12H,4,6-9H2,1-3H3,(H,21,22)/b14-5+/t12-/m0/s1. The van der Waals surface area contributed by atoms with Crippen LogP contribution < -0.4 is 0 Å². The maximum Gasteiger partial charge on any atom is 0.336 e. The fraction of sp³-hybridized carbons (Fsp3) is 0.500. The maximum absolute atomic E-state index is 11.6. The molecular weight excluding hydrogens is 340 g/mol. The average Bonchev–Trinajstić information content (AvgIpc) is 2.58. The van der Waals surface area contributed by atoms with Crippen LogP contribution in [0.25, 0.3) is 5.57 Å². The number of hydrogen-bond acceptors (Lipinski definition) is 5. The molecule has 1 rings (SSSR count). The Morgan fingerprint density at radius 3 is 2.31 bits per heavy atom. The summed E-state index contributed by atoms with van der Waals surface area (Å²) in [5, 5.41) is 32.1. The van der Waals surface area contributed by atoms with Crippen LogP contribution in [0.5, 0.6) is 0 Å². The predicted molar refractivity (Wildman–Crippen MR) is 98.2 cm³/mol. The topological polar surface area (TPSA) is 124 Å². The number of carboxylic acids is 1. The van der Waals surface area contributed by atoms with Crippen molar-refractivity contribution >= 4 is 22.9 Å². The van der Waals surface area contributed by atoms with Crippen LogP contribution in [0.1, 0.15) is 69.9 Å². The van der Waals surface area contributed by atoms with Gasteiger partial charge in [-0.15, -0.1) is 0 Å². The number of aliphatic carboxylic acids is 1. The van der Waals surface area contributed by atoms with E-state index >= 15 is 0 Å². The first-order valence-electron chi connectivity index (χ1n) is 8.61. The summed E-state index contributed by atoms with van der Waals surface area (Å²) in [5.74, 6) is -1.54. The van der Waals surface area contributed by atoms with Crippen LogP contribution in [0, 0.1) is 20.2 Å². The fourth-order valence-electron chi connectivity index (χ4n) is 2.97. The van der Waals surface area contributed by atoms with E-state index in [1.807, 2.05) is 6.92 Å².